The molecule has 82 valence electrons. The van der Waals surface area contributed by atoms with Crippen molar-refractivity contribution in [2.45, 2.75) is 18.8 Å². The lowest BCUT2D eigenvalue weighted by Gasteiger charge is -1.98. The fourth-order valence-electron chi connectivity index (χ4n) is 2.46. The molecule has 1 fully saturated rings. The Balaban J connectivity index is 2.45. The molecule has 0 N–H and O–H groups in total. The van der Waals surface area contributed by atoms with Gasteiger partial charge in [-0.05, 0) is 30.4 Å². The van der Waals surface area contributed by atoms with Crippen molar-refractivity contribution in [3.63, 3.8) is 0 Å². The number of carbonyl (C=O) groups excluding carboxylic acids is 1. The molecule has 0 unspecified atom stereocenters. The zero-order chi connectivity index (χ0) is 11.3. The van der Waals surface area contributed by atoms with Gasteiger partial charge in [-0.15, -0.1) is 0 Å². The van der Waals surface area contributed by atoms with Crippen LogP contribution in [0.2, 0.25) is 0 Å². The second-order valence-electron chi connectivity index (χ2n) is 4.39. The fraction of sp³-hybridized carbons (Fsp3) is 0.308. The van der Waals surface area contributed by atoms with Crippen molar-refractivity contribution in [1.82, 2.24) is 4.57 Å². The van der Waals surface area contributed by atoms with Crippen LogP contribution in [-0.4, -0.2) is 10.9 Å². The van der Waals surface area contributed by atoms with E-state index in [1.54, 1.807) is 17.7 Å². The van der Waals surface area contributed by atoms with Crippen molar-refractivity contribution in [3.8, 4) is 0 Å². The molecular formula is C13H12FNO. The first-order chi connectivity index (χ1) is 7.74. The third-order valence-electron chi connectivity index (χ3n) is 3.35. The van der Waals surface area contributed by atoms with Gasteiger partial charge in [0, 0.05) is 12.4 Å². The maximum absolute atomic E-state index is 13.7. The molecule has 1 heterocycles. The number of aldehydes is 1. The standard InChI is InChI=1S/C13H12FNO/c1-15-11(7-16)12(8-5-6-8)9-3-2-4-10(14)13(9)15/h2-4,7-8H,5-6H2,1H3. The SMILES string of the molecule is Cn1c(C=O)c(C2CC2)c2cccc(F)c21. The van der Waals surface area contributed by atoms with E-state index in [0.29, 0.717) is 17.1 Å². The summed E-state index contributed by atoms with van der Waals surface area (Å²) in [6.45, 7) is 0. The molecule has 16 heavy (non-hydrogen) atoms. The maximum atomic E-state index is 13.7. The van der Waals surface area contributed by atoms with E-state index in [1.165, 1.54) is 6.07 Å². The summed E-state index contributed by atoms with van der Waals surface area (Å²) in [7, 11) is 1.75. The fourth-order valence-corrected chi connectivity index (χ4v) is 2.46. The third kappa shape index (κ3) is 1.14. The number of aromatic nitrogens is 1. The molecule has 0 spiro atoms. The van der Waals surface area contributed by atoms with Crippen LogP contribution in [0, 0.1) is 5.82 Å². The normalized spacial score (nSPS) is 15.6. The van der Waals surface area contributed by atoms with Crippen LogP contribution in [0.4, 0.5) is 4.39 Å². The average Bonchev–Trinajstić information content (AvgIpc) is 3.05. The Morgan fingerprint density at radius 1 is 1.44 bits per heavy atom. The number of rotatable bonds is 2. The van der Waals surface area contributed by atoms with Gasteiger partial charge < -0.3 is 4.57 Å². The molecule has 2 aromatic rings. The van der Waals surface area contributed by atoms with Crippen molar-refractivity contribution < 1.29 is 9.18 Å². The van der Waals surface area contributed by atoms with Gasteiger partial charge in [-0.25, -0.2) is 4.39 Å². The maximum Gasteiger partial charge on any atom is 0.166 e. The molecule has 0 radical (unpaired) electrons. The van der Waals surface area contributed by atoms with E-state index in [-0.39, 0.29) is 5.82 Å². The largest absolute Gasteiger partial charge is 0.339 e. The lowest BCUT2D eigenvalue weighted by molar-refractivity contribution is 0.111. The molecule has 1 aromatic heterocycles. The molecule has 0 bridgehead atoms. The van der Waals surface area contributed by atoms with Crippen molar-refractivity contribution >= 4 is 17.2 Å². The van der Waals surface area contributed by atoms with E-state index in [2.05, 4.69) is 0 Å². The Hall–Kier alpha value is -1.64. The highest BCUT2D eigenvalue weighted by atomic mass is 19.1. The number of carbonyl (C=O) groups is 1. The van der Waals surface area contributed by atoms with Crippen LogP contribution < -0.4 is 0 Å². The summed E-state index contributed by atoms with van der Waals surface area (Å²) in [4.78, 5) is 11.1. The topological polar surface area (TPSA) is 22.0 Å². The molecule has 3 heteroatoms. The Kier molecular flexibility index (Phi) is 1.90. The average molecular weight is 217 g/mol. The monoisotopic (exact) mass is 217 g/mol. The van der Waals surface area contributed by atoms with Gasteiger partial charge in [0.05, 0.1) is 11.2 Å². The highest BCUT2D eigenvalue weighted by molar-refractivity contribution is 5.94. The predicted molar refractivity (Wildman–Crippen MR) is 60.2 cm³/mol. The van der Waals surface area contributed by atoms with E-state index >= 15 is 0 Å². The van der Waals surface area contributed by atoms with E-state index < -0.39 is 0 Å². The minimum Gasteiger partial charge on any atom is -0.339 e. The van der Waals surface area contributed by atoms with Gasteiger partial charge in [0.25, 0.3) is 0 Å². The summed E-state index contributed by atoms with van der Waals surface area (Å²) in [6, 6.07) is 5.05. The summed E-state index contributed by atoms with van der Waals surface area (Å²) >= 11 is 0. The van der Waals surface area contributed by atoms with Gasteiger partial charge in [0.15, 0.2) is 6.29 Å². The van der Waals surface area contributed by atoms with Gasteiger partial charge >= 0.3 is 0 Å². The number of halogens is 1. The van der Waals surface area contributed by atoms with Gasteiger partial charge in [0.2, 0.25) is 0 Å². The summed E-state index contributed by atoms with van der Waals surface area (Å²) in [5.41, 5.74) is 2.21. The van der Waals surface area contributed by atoms with Crippen LogP contribution in [0.5, 0.6) is 0 Å². The van der Waals surface area contributed by atoms with Crippen LogP contribution >= 0.6 is 0 Å². The van der Waals surface area contributed by atoms with Crippen molar-refractivity contribution in [1.29, 1.82) is 0 Å². The molecule has 0 saturated heterocycles. The Labute approximate surface area is 92.7 Å². The second kappa shape index (κ2) is 3.17. The molecule has 1 saturated carbocycles. The molecule has 2 nitrogen and oxygen atoms in total. The van der Waals surface area contributed by atoms with Crippen LogP contribution in [0.3, 0.4) is 0 Å². The Bertz CT molecular complexity index is 581. The quantitative estimate of drug-likeness (QED) is 0.709. The third-order valence-corrected chi connectivity index (χ3v) is 3.35. The summed E-state index contributed by atoms with van der Waals surface area (Å²) < 4.78 is 15.4. The number of hydrogen-bond acceptors (Lipinski definition) is 1. The number of para-hydroxylation sites is 1. The zero-order valence-corrected chi connectivity index (χ0v) is 9.03. The molecule has 1 aliphatic rings. The first-order valence-electron chi connectivity index (χ1n) is 5.46. The van der Waals surface area contributed by atoms with Crippen LogP contribution in [-0.2, 0) is 7.05 Å². The highest BCUT2D eigenvalue weighted by Gasteiger charge is 2.31. The molecule has 3 rings (SSSR count). The van der Waals surface area contributed by atoms with Gasteiger partial charge in [-0.1, -0.05) is 12.1 Å². The molecule has 0 aliphatic heterocycles. The number of nitrogens with zero attached hydrogens (tertiary/aromatic N) is 1. The van der Waals surface area contributed by atoms with Crippen molar-refractivity contribution in [2.75, 3.05) is 0 Å². The molecule has 0 amide bonds. The van der Waals surface area contributed by atoms with Gasteiger partial charge in [-0.3, -0.25) is 4.79 Å². The summed E-state index contributed by atoms with van der Waals surface area (Å²) in [5.74, 6) is 0.195. The minimum absolute atomic E-state index is 0.255. The lowest BCUT2D eigenvalue weighted by Crippen LogP contribution is -1.97. The van der Waals surface area contributed by atoms with Gasteiger partial charge in [0.1, 0.15) is 5.82 Å². The van der Waals surface area contributed by atoms with E-state index in [9.17, 15) is 9.18 Å². The first kappa shape index (κ1) is 9.58. The smallest absolute Gasteiger partial charge is 0.166 e. The van der Waals surface area contributed by atoms with Crippen LogP contribution in [0.15, 0.2) is 18.2 Å². The molecule has 1 aliphatic carbocycles. The van der Waals surface area contributed by atoms with Crippen molar-refractivity contribution in [2.24, 2.45) is 7.05 Å². The van der Waals surface area contributed by atoms with E-state index in [0.717, 1.165) is 30.1 Å². The number of hydrogen-bond donors (Lipinski definition) is 0. The van der Waals surface area contributed by atoms with Gasteiger partial charge in [-0.2, -0.15) is 0 Å². The molecule has 0 atom stereocenters. The van der Waals surface area contributed by atoms with Crippen molar-refractivity contribution in [3.05, 3.63) is 35.3 Å². The Morgan fingerprint density at radius 2 is 2.19 bits per heavy atom. The first-order valence-corrected chi connectivity index (χ1v) is 5.46. The number of aryl methyl sites for hydroxylation is 1. The zero-order valence-electron chi connectivity index (χ0n) is 9.03. The number of benzene rings is 1. The molecule has 1 aromatic carbocycles. The lowest BCUT2D eigenvalue weighted by atomic mass is 10.1. The van der Waals surface area contributed by atoms with Crippen LogP contribution in [0.1, 0.15) is 34.8 Å². The predicted octanol–water partition coefficient (Wildman–Crippen LogP) is 3.01. The van der Waals surface area contributed by atoms with E-state index in [4.69, 9.17) is 0 Å². The molecular weight excluding hydrogens is 205 g/mol. The second-order valence-corrected chi connectivity index (χ2v) is 4.39. The summed E-state index contributed by atoms with van der Waals surface area (Å²) in [6.07, 6.45) is 3.06. The minimum atomic E-state index is -0.255. The highest BCUT2D eigenvalue weighted by Crippen LogP contribution is 2.45. The Morgan fingerprint density at radius 3 is 2.81 bits per heavy atom. The van der Waals surface area contributed by atoms with E-state index in [1.807, 2.05) is 6.07 Å². The number of fused-ring (bicyclic) bond motifs is 1. The van der Waals surface area contributed by atoms with Crippen LogP contribution in [0.25, 0.3) is 10.9 Å². The summed E-state index contributed by atoms with van der Waals surface area (Å²) in [5, 5.41) is 0.895.